The zero-order valence-corrected chi connectivity index (χ0v) is 15.6. The summed E-state index contributed by atoms with van der Waals surface area (Å²) in [5, 5.41) is 18.6. The smallest absolute Gasteiger partial charge is 0.196 e. The zero-order valence-electron chi connectivity index (χ0n) is 14.8. The second-order valence-corrected chi connectivity index (χ2v) is 6.56. The fourth-order valence-corrected chi connectivity index (χ4v) is 3.36. The van der Waals surface area contributed by atoms with Gasteiger partial charge in [-0.3, -0.25) is 4.57 Å². The van der Waals surface area contributed by atoms with E-state index in [1.165, 1.54) is 0 Å². The molecular weight excluding hydrogens is 350 g/mol. The van der Waals surface area contributed by atoms with Gasteiger partial charge >= 0.3 is 0 Å². The molecule has 1 N–H and O–H groups in total. The van der Waals surface area contributed by atoms with Gasteiger partial charge < -0.3 is 14.6 Å². The molecule has 0 saturated carbocycles. The molecule has 2 aromatic carbocycles. The Balaban J connectivity index is 2.02. The Morgan fingerprint density at radius 1 is 0.923 bits per heavy atom. The van der Waals surface area contributed by atoms with Crippen LogP contribution in [0, 0.1) is 0 Å². The minimum absolute atomic E-state index is 0.162. The van der Waals surface area contributed by atoms with E-state index in [9.17, 15) is 0 Å². The molecule has 0 radical (unpaired) electrons. The van der Waals surface area contributed by atoms with Gasteiger partial charge in [-0.15, -0.1) is 10.2 Å². The summed E-state index contributed by atoms with van der Waals surface area (Å²) in [6, 6.07) is 15.5. The normalized spacial score (nSPS) is 10.7. The molecule has 0 atom stereocenters. The molecule has 136 valence electrons. The van der Waals surface area contributed by atoms with Crippen LogP contribution in [0.15, 0.2) is 53.7 Å². The Bertz CT molecular complexity index is 832. The standard InChI is InChI=1S/C19H21N3O3S/c1-24-16-8-4-14(5-9-16)18-20-21-19(26-13-3-12-23)22(18)15-6-10-17(25-2)11-7-15/h4-11,23H,3,12-13H2,1-2H3. The molecule has 0 fully saturated rings. The maximum Gasteiger partial charge on any atom is 0.196 e. The summed E-state index contributed by atoms with van der Waals surface area (Å²) in [6.45, 7) is 0.162. The van der Waals surface area contributed by atoms with E-state index in [1.54, 1.807) is 26.0 Å². The highest BCUT2D eigenvalue weighted by molar-refractivity contribution is 7.99. The van der Waals surface area contributed by atoms with E-state index in [1.807, 2.05) is 53.1 Å². The highest BCUT2D eigenvalue weighted by Gasteiger charge is 2.16. The monoisotopic (exact) mass is 371 g/mol. The number of aromatic nitrogens is 3. The predicted molar refractivity (Wildman–Crippen MR) is 102 cm³/mol. The third kappa shape index (κ3) is 4.00. The van der Waals surface area contributed by atoms with Gasteiger partial charge in [-0.2, -0.15) is 0 Å². The van der Waals surface area contributed by atoms with Crippen LogP contribution >= 0.6 is 11.8 Å². The molecular formula is C19H21N3O3S. The molecule has 0 aliphatic carbocycles. The van der Waals surface area contributed by atoms with E-state index < -0.39 is 0 Å². The number of rotatable bonds is 8. The number of hydrogen-bond acceptors (Lipinski definition) is 6. The van der Waals surface area contributed by atoms with Gasteiger partial charge in [0.05, 0.1) is 14.2 Å². The minimum Gasteiger partial charge on any atom is -0.497 e. The van der Waals surface area contributed by atoms with Crippen molar-refractivity contribution in [2.45, 2.75) is 11.6 Å². The van der Waals surface area contributed by atoms with E-state index in [4.69, 9.17) is 14.6 Å². The maximum atomic E-state index is 9.04. The molecule has 3 rings (SSSR count). The topological polar surface area (TPSA) is 69.4 Å². The second-order valence-electron chi connectivity index (χ2n) is 5.49. The minimum atomic E-state index is 0.162. The Kier molecular flexibility index (Phi) is 6.14. The van der Waals surface area contributed by atoms with Gasteiger partial charge in [0, 0.05) is 23.6 Å². The van der Waals surface area contributed by atoms with Gasteiger partial charge in [-0.05, 0) is 55.0 Å². The largest absolute Gasteiger partial charge is 0.497 e. The lowest BCUT2D eigenvalue weighted by Crippen LogP contribution is -2.00. The quantitative estimate of drug-likeness (QED) is 0.483. The molecule has 26 heavy (non-hydrogen) atoms. The highest BCUT2D eigenvalue weighted by atomic mass is 32.2. The third-order valence-corrected chi connectivity index (χ3v) is 4.86. The Hall–Kier alpha value is -2.51. The first-order chi connectivity index (χ1) is 12.8. The van der Waals surface area contributed by atoms with E-state index >= 15 is 0 Å². The van der Waals surface area contributed by atoms with Crippen LogP contribution in [-0.4, -0.2) is 46.5 Å². The summed E-state index contributed by atoms with van der Waals surface area (Å²) in [7, 11) is 3.29. The molecule has 0 aliphatic rings. The van der Waals surface area contributed by atoms with Gasteiger partial charge in [0.1, 0.15) is 11.5 Å². The third-order valence-electron chi connectivity index (χ3n) is 3.85. The van der Waals surface area contributed by atoms with Gasteiger partial charge in [0.15, 0.2) is 11.0 Å². The van der Waals surface area contributed by atoms with Crippen LogP contribution in [0.4, 0.5) is 0 Å². The van der Waals surface area contributed by atoms with Crippen LogP contribution < -0.4 is 9.47 Å². The number of hydrogen-bond donors (Lipinski definition) is 1. The van der Waals surface area contributed by atoms with Crippen molar-refractivity contribution < 1.29 is 14.6 Å². The molecule has 3 aromatic rings. The molecule has 0 aliphatic heterocycles. The van der Waals surface area contributed by atoms with Crippen LogP contribution in [0.3, 0.4) is 0 Å². The van der Waals surface area contributed by atoms with Crippen LogP contribution in [0.5, 0.6) is 11.5 Å². The number of thioether (sulfide) groups is 1. The summed E-state index contributed by atoms with van der Waals surface area (Å²) in [5.74, 6) is 3.11. The summed E-state index contributed by atoms with van der Waals surface area (Å²) in [4.78, 5) is 0. The molecule has 7 heteroatoms. The van der Waals surface area contributed by atoms with Crippen LogP contribution in [0.2, 0.25) is 0 Å². The van der Waals surface area contributed by atoms with Crippen molar-refractivity contribution in [1.29, 1.82) is 0 Å². The van der Waals surface area contributed by atoms with Gasteiger partial charge in [-0.25, -0.2) is 0 Å². The number of nitrogens with zero attached hydrogens (tertiary/aromatic N) is 3. The van der Waals surface area contributed by atoms with E-state index in [0.29, 0.717) is 6.42 Å². The molecule has 6 nitrogen and oxygen atoms in total. The lowest BCUT2D eigenvalue weighted by atomic mass is 10.2. The average molecular weight is 371 g/mol. The molecule has 1 aromatic heterocycles. The highest BCUT2D eigenvalue weighted by Crippen LogP contribution is 2.30. The van der Waals surface area contributed by atoms with Crippen molar-refractivity contribution in [3.05, 3.63) is 48.5 Å². The first kappa shape index (κ1) is 18.3. The van der Waals surface area contributed by atoms with Gasteiger partial charge in [0.2, 0.25) is 0 Å². The predicted octanol–water partition coefficient (Wildman–Crippen LogP) is 3.43. The van der Waals surface area contributed by atoms with Crippen molar-refractivity contribution in [3.8, 4) is 28.6 Å². The van der Waals surface area contributed by atoms with E-state index in [-0.39, 0.29) is 6.61 Å². The zero-order chi connectivity index (χ0) is 18.4. The average Bonchev–Trinajstić information content (AvgIpc) is 3.12. The van der Waals surface area contributed by atoms with E-state index in [2.05, 4.69) is 10.2 Å². The van der Waals surface area contributed by atoms with Gasteiger partial charge in [-0.1, -0.05) is 11.8 Å². The first-order valence-electron chi connectivity index (χ1n) is 8.24. The Morgan fingerprint density at radius 2 is 1.54 bits per heavy atom. The number of benzene rings is 2. The first-order valence-corrected chi connectivity index (χ1v) is 9.23. The number of aliphatic hydroxyl groups excluding tert-OH is 1. The SMILES string of the molecule is COc1ccc(-c2nnc(SCCCO)n2-c2ccc(OC)cc2)cc1. The molecule has 0 unspecified atom stereocenters. The van der Waals surface area contributed by atoms with Crippen LogP contribution in [0.1, 0.15) is 6.42 Å². The van der Waals surface area contributed by atoms with Gasteiger partial charge in [0.25, 0.3) is 0 Å². The molecule has 0 spiro atoms. The summed E-state index contributed by atoms with van der Waals surface area (Å²) < 4.78 is 12.5. The Morgan fingerprint density at radius 3 is 2.12 bits per heavy atom. The van der Waals surface area contributed by atoms with Crippen molar-refractivity contribution >= 4 is 11.8 Å². The molecule has 0 saturated heterocycles. The van der Waals surface area contributed by atoms with Crippen molar-refractivity contribution in [2.24, 2.45) is 0 Å². The van der Waals surface area contributed by atoms with Crippen LogP contribution in [-0.2, 0) is 0 Å². The molecule has 1 heterocycles. The number of ether oxygens (including phenoxy) is 2. The van der Waals surface area contributed by atoms with Crippen molar-refractivity contribution in [1.82, 2.24) is 14.8 Å². The maximum absolute atomic E-state index is 9.04. The molecule has 0 bridgehead atoms. The summed E-state index contributed by atoms with van der Waals surface area (Å²) >= 11 is 1.57. The van der Waals surface area contributed by atoms with Crippen LogP contribution in [0.25, 0.3) is 17.1 Å². The number of aliphatic hydroxyl groups is 1. The van der Waals surface area contributed by atoms with Crippen molar-refractivity contribution in [3.63, 3.8) is 0 Å². The lowest BCUT2D eigenvalue weighted by Gasteiger charge is -2.11. The fourth-order valence-electron chi connectivity index (χ4n) is 2.48. The lowest BCUT2D eigenvalue weighted by molar-refractivity contribution is 0.296. The number of methoxy groups -OCH3 is 2. The fraction of sp³-hybridized carbons (Fsp3) is 0.263. The second kappa shape index (κ2) is 8.73. The van der Waals surface area contributed by atoms with E-state index in [0.717, 1.165) is 39.5 Å². The summed E-state index contributed by atoms with van der Waals surface area (Å²) in [5.41, 5.74) is 1.90. The Labute approximate surface area is 156 Å². The van der Waals surface area contributed by atoms with Crippen molar-refractivity contribution in [2.75, 3.05) is 26.6 Å². The molecule has 0 amide bonds. The summed E-state index contributed by atoms with van der Waals surface area (Å²) in [6.07, 6.45) is 0.706.